The van der Waals surface area contributed by atoms with Gasteiger partial charge < -0.3 is 16.8 Å². The van der Waals surface area contributed by atoms with Crippen LogP contribution in [0.25, 0.3) is 0 Å². The Hall–Kier alpha value is -2.67. The lowest BCUT2D eigenvalue weighted by Gasteiger charge is -2.09. The fourth-order valence-electron chi connectivity index (χ4n) is 1.91. The summed E-state index contributed by atoms with van der Waals surface area (Å²) in [7, 11) is 0. The van der Waals surface area contributed by atoms with Crippen LogP contribution in [0.15, 0.2) is 42.7 Å². The normalized spacial score (nSPS) is 10.5. The van der Waals surface area contributed by atoms with Crippen molar-refractivity contribution in [2.45, 2.75) is 6.42 Å². The zero-order valence-electron chi connectivity index (χ0n) is 12.0. The maximum atomic E-state index is 6.04. The van der Waals surface area contributed by atoms with Crippen molar-refractivity contribution >= 4 is 34.9 Å². The molecule has 0 aliphatic carbocycles. The number of nitrogens with zero attached hydrogens (tertiary/aromatic N) is 1. The highest BCUT2D eigenvalue weighted by atomic mass is 32.1. The summed E-state index contributed by atoms with van der Waals surface area (Å²) < 4.78 is 0. The number of nitrogens with two attached hydrogens (primary N) is 2. The predicted octanol–water partition coefficient (Wildman–Crippen LogP) is -0.434. The number of anilines is 2. The number of pyridine rings is 1. The van der Waals surface area contributed by atoms with Gasteiger partial charge in [-0.15, -0.1) is 10.5 Å². The van der Waals surface area contributed by atoms with Gasteiger partial charge in [0, 0.05) is 24.5 Å². The number of hydrazone groups is 1. The second kappa shape index (κ2) is 7.94. The first-order valence-electron chi connectivity index (χ1n) is 6.81. The van der Waals surface area contributed by atoms with Gasteiger partial charge in [0.1, 0.15) is 0 Å². The van der Waals surface area contributed by atoms with E-state index in [1.807, 2.05) is 30.5 Å². The molecule has 1 aromatic carbocycles. The molecule has 0 amide bonds. The average molecular weight is 315 g/mol. The first-order valence-corrected chi connectivity index (χ1v) is 7.22. The SMILES string of the molecule is NC(=S)N/[NH+]=C/c1ccc(NCCc2cccnc2)c(N)c1. The third-order valence-electron chi connectivity index (χ3n) is 2.96. The van der Waals surface area contributed by atoms with Crippen LogP contribution in [0.5, 0.6) is 0 Å². The molecule has 0 radical (unpaired) electrons. The molecule has 1 aromatic heterocycles. The molecule has 2 rings (SSSR count). The van der Waals surface area contributed by atoms with E-state index in [9.17, 15) is 0 Å². The Morgan fingerprint density at radius 3 is 2.91 bits per heavy atom. The van der Waals surface area contributed by atoms with E-state index < -0.39 is 0 Å². The summed E-state index contributed by atoms with van der Waals surface area (Å²) in [4.78, 5) is 4.09. The van der Waals surface area contributed by atoms with E-state index in [4.69, 9.17) is 23.7 Å². The summed E-state index contributed by atoms with van der Waals surface area (Å²) in [6.07, 6.45) is 6.25. The summed E-state index contributed by atoms with van der Waals surface area (Å²) in [6, 6.07) is 9.73. The van der Waals surface area contributed by atoms with E-state index in [0.717, 1.165) is 24.2 Å². The molecule has 0 atom stereocenters. The van der Waals surface area contributed by atoms with Crippen molar-refractivity contribution in [1.29, 1.82) is 0 Å². The zero-order valence-corrected chi connectivity index (χ0v) is 12.9. The lowest BCUT2D eigenvalue weighted by Crippen LogP contribution is -2.82. The maximum Gasteiger partial charge on any atom is 0.221 e. The molecule has 22 heavy (non-hydrogen) atoms. The second-order valence-corrected chi connectivity index (χ2v) is 5.10. The van der Waals surface area contributed by atoms with E-state index in [-0.39, 0.29) is 5.11 Å². The molecule has 0 aliphatic rings. The van der Waals surface area contributed by atoms with Crippen LogP contribution >= 0.6 is 12.2 Å². The van der Waals surface area contributed by atoms with Gasteiger partial charge in [0.2, 0.25) is 5.11 Å². The summed E-state index contributed by atoms with van der Waals surface area (Å²) in [5.41, 5.74) is 17.7. The summed E-state index contributed by atoms with van der Waals surface area (Å²) in [6.45, 7) is 0.792. The van der Waals surface area contributed by atoms with Crippen LogP contribution in [-0.4, -0.2) is 22.9 Å². The minimum absolute atomic E-state index is 0.179. The van der Waals surface area contributed by atoms with Gasteiger partial charge in [-0.05, 0) is 48.5 Å². The molecule has 0 saturated carbocycles. The Labute approximate surface area is 134 Å². The number of nitrogen functional groups attached to an aromatic ring is 1. The fraction of sp³-hybridized carbons (Fsp3) is 0.133. The number of hydrogen-bond donors (Lipinski definition) is 5. The van der Waals surface area contributed by atoms with Gasteiger partial charge in [-0.1, -0.05) is 6.07 Å². The smallest absolute Gasteiger partial charge is 0.221 e. The highest BCUT2D eigenvalue weighted by molar-refractivity contribution is 7.80. The molecule has 7 N–H and O–H groups in total. The number of hydrogen-bond acceptors (Lipinski definition) is 4. The summed E-state index contributed by atoms with van der Waals surface area (Å²) in [5, 5.41) is 6.29. The third-order valence-corrected chi connectivity index (χ3v) is 3.06. The van der Waals surface area contributed by atoms with Crippen LogP contribution in [0.3, 0.4) is 0 Å². The first-order chi connectivity index (χ1) is 10.6. The van der Waals surface area contributed by atoms with Gasteiger partial charge in [0.15, 0.2) is 6.21 Å². The summed E-state index contributed by atoms with van der Waals surface area (Å²) >= 11 is 4.69. The Balaban J connectivity index is 1.89. The quantitative estimate of drug-likeness (QED) is 0.214. The van der Waals surface area contributed by atoms with Crippen molar-refractivity contribution in [3.05, 3.63) is 53.9 Å². The molecule has 6 nitrogen and oxygen atoms in total. The van der Waals surface area contributed by atoms with Crippen molar-refractivity contribution in [1.82, 2.24) is 10.4 Å². The molecule has 0 aliphatic heterocycles. The van der Waals surface area contributed by atoms with Crippen molar-refractivity contribution < 1.29 is 5.10 Å². The minimum atomic E-state index is 0.179. The topological polar surface area (TPSA) is 103 Å². The first kappa shape index (κ1) is 15.7. The van der Waals surface area contributed by atoms with Crippen LogP contribution in [-0.2, 0) is 6.42 Å². The number of hydrazine groups is 1. The predicted molar refractivity (Wildman–Crippen MR) is 93.3 cm³/mol. The van der Waals surface area contributed by atoms with E-state index in [1.54, 1.807) is 12.4 Å². The molecule has 0 unspecified atom stereocenters. The largest absolute Gasteiger partial charge is 0.397 e. The van der Waals surface area contributed by atoms with Gasteiger partial charge in [0.05, 0.1) is 11.4 Å². The highest BCUT2D eigenvalue weighted by Gasteiger charge is 2.01. The van der Waals surface area contributed by atoms with Gasteiger partial charge in [-0.25, -0.2) is 0 Å². The van der Waals surface area contributed by atoms with Gasteiger partial charge in [-0.3, -0.25) is 4.98 Å². The number of rotatable bonds is 6. The average Bonchev–Trinajstić information content (AvgIpc) is 2.50. The van der Waals surface area contributed by atoms with Gasteiger partial charge in [-0.2, -0.15) is 0 Å². The molecule has 114 valence electrons. The van der Waals surface area contributed by atoms with Gasteiger partial charge in [0.25, 0.3) is 0 Å². The van der Waals surface area contributed by atoms with E-state index in [1.165, 1.54) is 5.56 Å². The van der Waals surface area contributed by atoms with Crippen LogP contribution in [0.1, 0.15) is 11.1 Å². The van der Waals surface area contributed by atoms with Gasteiger partial charge >= 0.3 is 0 Å². The fourth-order valence-corrected chi connectivity index (χ4v) is 1.97. The van der Waals surface area contributed by atoms with Crippen LogP contribution < -0.4 is 27.3 Å². The highest BCUT2D eigenvalue weighted by Crippen LogP contribution is 2.18. The summed E-state index contributed by atoms with van der Waals surface area (Å²) in [5.74, 6) is 0. The Bertz CT molecular complexity index is 656. The van der Waals surface area contributed by atoms with E-state index >= 15 is 0 Å². The number of thiocarbonyl (C=S) groups is 1. The maximum absolute atomic E-state index is 6.04. The van der Waals surface area contributed by atoms with Crippen LogP contribution in [0.2, 0.25) is 0 Å². The third kappa shape index (κ3) is 5.02. The number of benzene rings is 1. The standard InChI is InChI=1S/C15H18N6S/c16-13-8-12(10-20-21-15(17)22)3-4-14(13)19-7-5-11-2-1-6-18-9-11/h1-4,6,8-10,19H,5,7,16H2,(H3,17,21,22)/p+1/b20-10+. The van der Waals surface area contributed by atoms with Crippen LogP contribution in [0.4, 0.5) is 11.4 Å². The van der Waals surface area contributed by atoms with Crippen molar-refractivity contribution in [3.8, 4) is 0 Å². The van der Waals surface area contributed by atoms with Crippen molar-refractivity contribution in [3.63, 3.8) is 0 Å². The molecule has 0 bridgehead atoms. The van der Waals surface area contributed by atoms with E-state index in [2.05, 4.69) is 26.9 Å². The Morgan fingerprint density at radius 2 is 2.23 bits per heavy atom. The number of nitrogens with one attached hydrogen (secondary N) is 3. The minimum Gasteiger partial charge on any atom is -0.397 e. The Kier molecular flexibility index (Phi) is 5.67. The molecule has 2 aromatic rings. The molecular weight excluding hydrogens is 296 g/mol. The molecule has 0 spiro atoms. The molecular formula is C15H19N6S+. The second-order valence-electron chi connectivity index (χ2n) is 4.66. The monoisotopic (exact) mass is 315 g/mol. The molecule has 0 saturated heterocycles. The zero-order chi connectivity index (χ0) is 15.8. The lowest BCUT2D eigenvalue weighted by molar-refractivity contribution is -0.499. The van der Waals surface area contributed by atoms with Crippen molar-refractivity contribution in [2.75, 3.05) is 17.6 Å². The Morgan fingerprint density at radius 1 is 1.36 bits per heavy atom. The lowest BCUT2D eigenvalue weighted by atomic mass is 10.1. The molecule has 1 heterocycles. The van der Waals surface area contributed by atoms with E-state index in [0.29, 0.717) is 5.69 Å². The molecule has 0 fully saturated rings. The molecule has 7 heteroatoms. The van der Waals surface area contributed by atoms with Crippen LogP contribution in [0, 0.1) is 0 Å². The number of aromatic nitrogens is 1. The van der Waals surface area contributed by atoms with Crippen molar-refractivity contribution in [2.24, 2.45) is 5.73 Å².